The molecule has 1 aromatic heterocycles. The molecule has 2 aromatic rings. The molecular weight excluding hydrogens is 295 g/mol. The van der Waals surface area contributed by atoms with E-state index in [1.165, 1.54) is 12.1 Å². The summed E-state index contributed by atoms with van der Waals surface area (Å²) in [6, 6.07) is 6.50. The fraction of sp³-hybridized carbons (Fsp3) is 0.471. The Labute approximate surface area is 134 Å². The lowest BCUT2D eigenvalue weighted by Crippen LogP contribution is -2.39. The van der Waals surface area contributed by atoms with E-state index in [0.717, 1.165) is 36.6 Å². The molecule has 0 saturated heterocycles. The van der Waals surface area contributed by atoms with Crippen molar-refractivity contribution in [1.29, 1.82) is 0 Å². The topological polar surface area (TPSA) is 51.0 Å². The van der Waals surface area contributed by atoms with E-state index < -0.39 is 0 Å². The van der Waals surface area contributed by atoms with Gasteiger partial charge < -0.3 is 9.47 Å². The van der Waals surface area contributed by atoms with Crippen LogP contribution in [0.1, 0.15) is 36.5 Å². The van der Waals surface area contributed by atoms with Crippen LogP contribution in [0.4, 0.5) is 4.39 Å². The molecular formula is C17H19FN4O. The van der Waals surface area contributed by atoms with Gasteiger partial charge in [0.25, 0.3) is 0 Å². The van der Waals surface area contributed by atoms with Crippen molar-refractivity contribution in [3.8, 4) is 0 Å². The van der Waals surface area contributed by atoms with E-state index in [2.05, 4.69) is 21.7 Å². The summed E-state index contributed by atoms with van der Waals surface area (Å²) in [7, 11) is 0. The van der Waals surface area contributed by atoms with E-state index in [1.54, 1.807) is 12.1 Å². The van der Waals surface area contributed by atoms with E-state index in [4.69, 9.17) is 0 Å². The van der Waals surface area contributed by atoms with Gasteiger partial charge >= 0.3 is 0 Å². The molecule has 1 fully saturated rings. The molecule has 1 aliphatic carbocycles. The van der Waals surface area contributed by atoms with Gasteiger partial charge in [0.1, 0.15) is 11.6 Å². The van der Waals surface area contributed by atoms with Crippen LogP contribution >= 0.6 is 0 Å². The Kier molecular flexibility index (Phi) is 3.39. The second kappa shape index (κ2) is 5.44. The van der Waals surface area contributed by atoms with Crippen molar-refractivity contribution in [2.75, 3.05) is 6.54 Å². The first-order valence-electron chi connectivity index (χ1n) is 8.12. The van der Waals surface area contributed by atoms with E-state index >= 15 is 0 Å². The van der Waals surface area contributed by atoms with Crippen LogP contribution in [0.2, 0.25) is 0 Å². The summed E-state index contributed by atoms with van der Waals surface area (Å²) in [5, 5.41) is 8.39. The van der Waals surface area contributed by atoms with Gasteiger partial charge in [-0.05, 0) is 30.0 Å². The largest absolute Gasteiger partial charge is 0.333 e. The van der Waals surface area contributed by atoms with Gasteiger partial charge in [0.05, 0.1) is 6.54 Å². The van der Waals surface area contributed by atoms with E-state index in [0.29, 0.717) is 13.1 Å². The number of halogens is 1. The minimum atomic E-state index is -0.237. The number of rotatable bonds is 3. The maximum atomic E-state index is 13.0. The smallest absolute Gasteiger partial charge is 0.226 e. The van der Waals surface area contributed by atoms with E-state index in [-0.39, 0.29) is 23.6 Å². The third-order valence-corrected chi connectivity index (χ3v) is 4.86. The maximum Gasteiger partial charge on any atom is 0.226 e. The molecule has 5 nitrogen and oxygen atoms in total. The molecule has 0 unspecified atom stereocenters. The molecule has 23 heavy (non-hydrogen) atoms. The number of aromatic nitrogens is 3. The zero-order chi connectivity index (χ0) is 16.0. The van der Waals surface area contributed by atoms with Crippen molar-refractivity contribution in [3.63, 3.8) is 0 Å². The van der Waals surface area contributed by atoms with Crippen LogP contribution in [0.25, 0.3) is 0 Å². The summed E-state index contributed by atoms with van der Waals surface area (Å²) < 4.78 is 15.1. The fourth-order valence-corrected chi connectivity index (χ4v) is 3.45. The first-order chi connectivity index (χ1) is 11.2. The van der Waals surface area contributed by atoms with Gasteiger partial charge in [0.2, 0.25) is 5.91 Å². The molecule has 1 amide bonds. The Balaban J connectivity index is 1.44. The number of amides is 1. The maximum absolute atomic E-state index is 13.0. The predicted octanol–water partition coefficient (Wildman–Crippen LogP) is 2.13. The summed E-state index contributed by atoms with van der Waals surface area (Å²) in [6.45, 7) is 4.08. The lowest BCUT2D eigenvalue weighted by molar-refractivity contribution is -0.134. The summed E-state index contributed by atoms with van der Waals surface area (Å²) in [4.78, 5) is 14.6. The first kappa shape index (κ1) is 14.4. The molecule has 2 aliphatic rings. The number of nitrogens with zero attached hydrogens (tertiary/aromatic N) is 4. The lowest BCUT2D eigenvalue weighted by Gasteiger charge is -2.28. The quantitative estimate of drug-likeness (QED) is 0.872. The van der Waals surface area contributed by atoms with Gasteiger partial charge in [0, 0.05) is 25.4 Å². The monoisotopic (exact) mass is 314 g/mol. The van der Waals surface area contributed by atoms with Crippen molar-refractivity contribution in [3.05, 3.63) is 47.3 Å². The Morgan fingerprint density at radius 2 is 2.04 bits per heavy atom. The minimum Gasteiger partial charge on any atom is -0.333 e. The molecule has 0 spiro atoms. The van der Waals surface area contributed by atoms with Crippen LogP contribution < -0.4 is 0 Å². The molecule has 0 N–H and O–H groups in total. The molecule has 4 rings (SSSR count). The van der Waals surface area contributed by atoms with Crippen LogP contribution in [-0.2, 0) is 24.3 Å². The number of benzene rings is 1. The Hall–Kier alpha value is -2.24. The fourth-order valence-electron chi connectivity index (χ4n) is 3.45. The summed E-state index contributed by atoms with van der Waals surface area (Å²) >= 11 is 0. The molecule has 120 valence electrons. The number of fused-ring (bicyclic) bond motifs is 1. The number of carbonyl (C=O) groups is 1. The van der Waals surface area contributed by atoms with Crippen LogP contribution in [0.15, 0.2) is 24.3 Å². The minimum absolute atomic E-state index is 0.0283. The number of hydrogen-bond donors (Lipinski definition) is 0. The summed E-state index contributed by atoms with van der Waals surface area (Å²) in [5.41, 5.74) is 1.05. The van der Waals surface area contributed by atoms with Gasteiger partial charge in [-0.2, -0.15) is 0 Å². The molecule has 2 atom stereocenters. The zero-order valence-corrected chi connectivity index (χ0v) is 13.1. The zero-order valence-electron chi connectivity index (χ0n) is 13.1. The Morgan fingerprint density at radius 3 is 2.78 bits per heavy atom. The van der Waals surface area contributed by atoms with Crippen molar-refractivity contribution in [2.45, 2.75) is 38.8 Å². The van der Waals surface area contributed by atoms with Crippen molar-refractivity contribution < 1.29 is 9.18 Å². The van der Waals surface area contributed by atoms with Gasteiger partial charge in [-0.1, -0.05) is 19.1 Å². The molecule has 2 heterocycles. The molecule has 0 bridgehead atoms. The number of hydrogen-bond acceptors (Lipinski definition) is 3. The number of aryl methyl sites for hydroxylation is 1. The highest BCUT2D eigenvalue weighted by Crippen LogP contribution is 2.48. The van der Waals surface area contributed by atoms with Crippen LogP contribution in [0.3, 0.4) is 0 Å². The van der Waals surface area contributed by atoms with Gasteiger partial charge in [-0.25, -0.2) is 4.39 Å². The van der Waals surface area contributed by atoms with Gasteiger partial charge in [0.15, 0.2) is 5.82 Å². The normalized spacial score (nSPS) is 22.8. The van der Waals surface area contributed by atoms with Crippen molar-refractivity contribution in [2.24, 2.45) is 5.92 Å². The van der Waals surface area contributed by atoms with E-state index in [1.807, 2.05) is 4.90 Å². The van der Waals surface area contributed by atoms with Gasteiger partial charge in [-0.15, -0.1) is 10.2 Å². The summed E-state index contributed by atoms with van der Waals surface area (Å²) in [5.74, 6) is 2.07. The Bertz CT molecular complexity index is 740. The van der Waals surface area contributed by atoms with Crippen molar-refractivity contribution in [1.82, 2.24) is 19.7 Å². The third kappa shape index (κ3) is 2.52. The van der Waals surface area contributed by atoms with Crippen LogP contribution in [0.5, 0.6) is 0 Å². The average Bonchev–Trinajstić information content (AvgIpc) is 3.26. The average molecular weight is 314 g/mol. The highest BCUT2D eigenvalue weighted by Gasteiger charge is 2.46. The molecule has 6 heteroatoms. The standard InChI is InChI=1S/C17H19FN4O/c1-2-15-19-20-16-10-21(7-8-22(15)16)17(23)14-9-13(14)11-3-5-12(18)6-4-11/h3-6,13-14H,2,7-10H2,1H3/t13-,14-/m0/s1. The third-order valence-electron chi connectivity index (χ3n) is 4.86. The predicted molar refractivity (Wildman–Crippen MR) is 82.1 cm³/mol. The first-order valence-corrected chi connectivity index (χ1v) is 8.12. The van der Waals surface area contributed by atoms with Gasteiger partial charge in [-0.3, -0.25) is 4.79 Å². The SMILES string of the molecule is CCc1nnc2n1CCN(C(=O)[C@H]1C[C@H]1c1ccc(F)cc1)C2. The molecule has 1 saturated carbocycles. The summed E-state index contributed by atoms with van der Waals surface area (Å²) in [6.07, 6.45) is 1.71. The lowest BCUT2D eigenvalue weighted by atomic mass is 10.1. The highest BCUT2D eigenvalue weighted by molar-refractivity contribution is 5.83. The second-order valence-electron chi connectivity index (χ2n) is 6.30. The van der Waals surface area contributed by atoms with Crippen LogP contribution in [0, 0.1) is 11.7 Å². The molecule has 1 aliphatic heterocycles. The van der Waals surface area contributed by atoms with Crippen molar-refractivity contribution >= 4 is 5.91 Å². The highest BCUT2D eigenvalue weighted by atomic mass is 19.1. The van der Waals surface area contributed by atoms with Crippen LogP contribution in [-0.4, -0.2) is 32.1 Å². The number of carbonyl (C=O) groups excluding carboxylic acids is 1. The second-order valence-corrected chi connectivity index (χ2v) is 6.30. The Morgan fingerprint density at radius 1 is 1.26 bits per heavy atom. The molecule has 1 aromatic carbocycles. The molecule has 0 radical (unpaired) electrons. The van der Waals surface area contributed by atoms with E-state index in [9.17, 15) is 9.18 Å².